The first-order chi connectivity index (χ1) is 12.9. The Balaban J connectivity index is 1.50. The summed E-state index contributed by atoms with van der Waals surface area (Å²) in [5.41, 5.74) is 2.96. The summed E-state index contributed by atoms with van der Waals surface area (Å²) in [5.74, 6) is -0.248. The van der Waals surface area contributed by atoms with Crippen LogP contribution in [-0.4, -0.2) is 58.2 Å². The number of urea groups is 1. The number of hydrogen-bond acceptors (Lipinski definition) is 5. The number of benzene rings is 1. The van der Waals surface area contributed by atoms with E-state index in [1.165, 1.54) is 12.1 Å². The molecule has 3 rings (SSSR count). The molecule has 2 N–H and O–H groups in total. The van der Waals surface area contributed by atoms with Crippen LogP contribution in [0.25, 0.3) is 0 Å². The molecule has 0 unspecified atom stereocenters. The van der Waals surface area contributed by atoms with E-state index in [1.54, 1.807) is 17.0 Å². The van der Waals surface area contributed by atoms with E-state index < -0.39 is 5.97 Å². The lowest BCUT2D eigenvalue weighted by atomic mass is 10.1. The average Bonchev–Trinajstić information content (AvgIpc) is 2.66. The predicted molar refractivity (Wildman–Crippen MR) is 101 cm³/mol. The summed E-state index contributed by atoms with van der Waals surface area (Å²) in [4.78, 5) is 36.0. The predicted octanol–water partition coefficient (Wildman–Crippen LogP) is 1.82. The molecule has 0 atom stereocenters. The largest absolute Gasteiger partial charge is 0.478 e. The fourth-order valence-electron chi connectivity index (χ4n) is 3.01. The Morgan fingerprint density at radius 2 is 1.63 bits per heavy atom. The minimum atomic E-state index is -0.962. The second-order valence-corrected chi connectivity index (χ2v) is 6.59. The van der Waals surface area contributed by atoms with Gasteiger partial charge < -0.3 is 20.2 Å². The number of rotatable bonds is 4. The number of carbonyl (C=O) groups excluding carboxylic acids is 1. The Labute approximate surface area is 157 Å². The van der Waals surface area contributed by atoms with Crippen molar-refractivity contribution in [3.8, 4) is 0 Å². The number of anilines is 1. The molecule has 1 aromatic carbocycles. The molecule has 0 aliphatic carbocycles. The number of aromatic nitrogens is 2. The number of carboxylic acids is 1. The molecule has 142 valence electrons. The number of carbonyl (C=O) groups is 2. The molecule has 8 nitrogen and oxygen atoms in total. The van der Waals surface area contributed by atoms with Crippen molar-refractivity contribution in [2.45, 2.75) is 20.4 Å². The molecular weight excluding hydrogens is 346 g/mol. The SMILES string of the molecule is Cc1cc(C)nc(N2CCN(C(=O)NCc3ccc(C(=O)O)cc3)CC2)n1. The van der Waals surface area contributed by atoms with Crippen LogP contribution >= 0.6 is 0 Å². The number of hydrogen-bond donors (Lipinski definition) is 2. The van der Waals surface area contributed by atoms with Gasteiger partial charge in [0, 0.05) is 44.1 Å². The van der Waals surface area contributed by atoms with E-state index in [4.69, 9.17) is 5.11 Å². The third-order valence-corrected chi connectivity index (χ3v) is 4.46. The van der Waals surface area contributed by atoms with Gasteiger partial charge in [-0.1, -0.05) is 12.1 Å². The first-order valence-electron chi connectivity index (χ1n) is 8.84. The Kier molecular flexibility index (Phi) is 5.54. The molecule has 1 aliphatic rings. The maximum absolute atomic E-state index is 12.4. The molecule has 8 heteroatoms. The Morgan fingerprint density at radius 1 is 1.04 bits per heavy atom. The lowest BCUT2D eigenvalue weighted by molar-refractivity contribution is 0.0697. The summed E-state index contributed by atoms with van der Waals surface area (Å²) < 4.78 is 0. The Bertz CT molecular complexity index is 809. The third-order valence-electron chi connectivity index (χ3n) is 4.46. The van der Waals surface area contributed by atoms with Gasteiger partial charge in [0.1, 0.15) is 0 Å². The van der Waals surface area contributed by atoms with E-state index in [9.17, 15) is 9.59 Å². The van der Waals surface area contributed by atoms with Gasteiger partial charge >= 0.3 is 12.0 Å². The molecule has 2 amide bonds. The molecule has 1 aliphatic heterocycles. The van der Waals surface area contributed by atoms with E-state index in [0.717, 1.165) is 17.0 Å². The summed E-state index contributed by atoms with van der Waals surface area (Å²) in [6.45, 7) is 6.82. The van der Waals surface area contributed by atoms with Crippen LogP contribution in [0.15, 0.2) is 30.3 Å². The van der Waals surface area contributed by atoms with Crippen LogP contribution in [0.4, 0.5) is 10.7 Å². The van der Waals surface area contributed by atoms with Crippen LogP contribution in [0.2, 0.25) is 0 Å². The van der Waals surface area contributed by atoms with Gasteiger partial charge in [-0.3, -0.25) is 0 Å². The third kappa shape index (κ3) is 4.72. The lowest BCUT2D eigenvalue weighted by Crippen LogP contribution is -2.52. The fraction of sp³-hybridized carbons (Fsp3) is 0.368. The van der Waals surface area contributed by atoms with Crippen molar-refractivity contribution in [3.05, 3.63) is 52.8 Å². The molecule has 1 saturated heterocycles. The molecule has 0 saturated carbocycles. The van der Waals surface area contributed by atoms with Gasteiger partial charge in [0.15, 0.2) is 0 Å². The zero-order valence-corrected chi connectivity index (χ0v) is 15.5. The Hall–Kier alpha value is -3.16. The summed E-state index contributed by atoms with van der Waals surface area (Å²) in [5, 5.41) is 11.8. The van der Waals surface area contributed by atoms with Gasteiger partial charge in [-0.05, 0) is 37.6 Å². The highest BCUT2D eigenvalue weighted by molar-refractivity contribution is 5.87. The van der Waals surface area contributed by atoms with Gasteiger partial charge in [0.25, 0.3) is 0 Å². The van der Waals surface area contributed by atoms with E-state index >= 15 is 0 Å². The molecule has 0 bridgehead atoms. The molecule has 0 spiro atoms. The minimum absolute atomic E-state index is 0.127. The first-order valence-corrected chi connectivity index (χ1v) is 8.84. The van der Waals surface area contributed by atoms with Gasteiger partial charge in [0.05, 0.1) is 5.56 Å². The van der Waals surface area contributed by atoms with Crippen LogP contribution < -0.4 is 10.2 Å². The Morgan fingerprint density at radius 3 is 2.19 bits per heavy atom. The normalized spacial score (nSPS) is 14.1. The van der Waals surface area contributed by atoms with Crippen LogP contribution in [0, 0.1) is 13.8 Å². The summed E-state index contributed by atoms with van der Waals surface area (Å²) in [6, 6.07) is 8.30. The quantitative estimate of drug-likeness (QED) is 0.853. The van der Waals surface area contributed by atoms with E-state index in [-0.39, 0.29) is 11.6 Å². The van der Waals surface area contributed by atoms with Crippen molar-refractivity contribution in [2.75, 3.05) is 31.1 Å². The lowest BCUT2D eigenvalue weighted by Gasteiger charge is -2.34. The summed E-state index contributed by atoms with van der Waals surface area (Å²) in [6.07, 6.45) is 0. The van der Waals surface area contributed by atoms with E-state index in [1.807, 2.05) is 19.9 Å². The maximum atomic E-state index is 12.4. The summed E-state index contributed by atoms with van der Waals surface area (Å²) >= 11 is 0. The van der Waals surface area contributed by atoms with Crippen molar-refractivity contribution < 1.29 is 14.7 Å². The van der Waals surface area contributed by atoms with Gasteiger partial charge in [-0.2, -0.15) is 0 Å². The number of carboxylic acid groups (broad SMARTS) is 1. The molecule has 1 fully saturated rings. The van der Waals surface area contributed by atoms with Gasteiger partial charge in [0.2, 0.25) is 5.95 Å². The minimum Gasteiger partial charge on any atom is -0.478 e. The first kappa shape index (κ1) is 18.6. The van der Waals surface area contributed by atoms with Crippen molar-refractivity contribution in [3.63, 3.8) is 0 Å². The standard InChI is InChI=1S/C19H23N5O3/c1-13-11-14(2)22-18(21-13)23-7-9-24(10-8-23)19(27)20-12-15-3-5-16(6-4-15)17(25)26/h3-6,11H,7-10,12H2,1-2H3,(H,20,27)(H,25,26). The van der Waals surface area contributed by atoms with Crippen molar-refractivity contribution >= 4 is 17.9 Å². The molecule has 1 aromatic heterocycles. The second kappa shape index (κ2) is 8.03. The highest BCUT2D eigenvalue weighted by Crippen LogP contribution is 2.13. The zero-order chi connectivity index (χ0) is 19.4. The number of amides is 2. The highest BCUT2D eigenvalue weighted by Gasteiger charge is 2.22. The number of aryl methyl sites for hydroxylation is 2. The smallest absolute Gasteiger partial charge is 0.335 e. The average molecular weight is 369 g/mol. The van der Waals surface area contributed by atoms with Gasteiger partial charge in [-0.25, -0.2) is 19.6 Å². The molecule has 27 heavy (non-hydrogen) atoms. The topological polar surface area (TPSA) is 98.7 Å². The van der Waals surface area contributed by atoms with Crippen LogP contribution in [0.5, 0.6) is 0 Å². The zero-order valence-electron chi connectivity index (χ0n) is 15.5. The monoisotopic (exact) mass is 369 g/mol. The molecular formula is C19H23N5O3. The van der Waals surface area contributed by atoms with Crippen molar-refractivity contribution in [2.24, 2.45) is 0 Å². The van der Waals surface area contributed by atoms with Crippen molar-refractivity contribution in [1.29, 1.82) is 0 Å². The van der Waals surface area contributed by atoms with Crippen LogP contribution in [-0.2, 0) is 6.54 Å². The van der Waals surface area contributed by atoms with E-state index in [0.29, 0.717) is 38.7 Å². The van der Waals surface area contributed by atoms with Crippen LogP contribution in [0.1, 0.15) is 27.3 Å². The molecule has 2 heterocycles. The number of aromatic carboxylic acids is 1. The number of nitrogens with one attached hydrogen (secondary N) is 1. The summed E-state index contributed by atoms with van der Waals surface area (Å²) in [7, 11) is 0. The fourth-order valence-corrected chi connectivity index (χ4v) is 3.01. The van der Waals surface area contributed by atoms with Crippen molar-refractivity contribution in [1.82, 2.24) is 20.2 Å². The highest BCUT2D eigenvalue weighted by atomic mass is 16.4. The number of piperazine rings is 1. The van der Waals surface area contributed by atoms with E-state index in [2.05, 4.69) is 20.2 Å². The molecule has 2 aromatic rings. The second-order valence-electron chi connectivity index (χ2n) is 6.59. The van der Waals surface area contributed by atoms with Gasteiger partial charge in [-0.15, -0.1) is 0 Å². The van der Waals surface area contributed by atoms with Crippen LogP contribution in [0.3, 0.4) is 0 Å². The number of nitrogens with zero attached hydrogens (tertiary/aromatic N) is 4. The maximum Gasteiger partial charge on any atom is 0.335 e. The molecule has 0 radical (unpaired) electrons.